The number of carbonyl (C=O) groups excluding carboxylic acids is 1. The molecule has 1 aromatic rings. The van der Waals surface area contributed by atoms with E-state index in [0.717, 1.165) is 12.8 Å². The molecule has 0 aliphatic rings. The summed E-state index contributed by atoms with van der Waals surface area (Å²) in [5, 5.41) is 2.72. The summed E-state index contributed by atoms with van der Waals surface area (Å²) >= 11 is 9.08. The number of hydrogen-bond acceptors (Lipinski definition) is 1. The van der Waals surface area contributed by atoms with Crippen LogP contribution in [-0.4, -0.2) is 17.3 Å². The van der Waals surface area contributed by atoms with Gasteiger partial charge in [-0.25, -0.2) is 4.39 Å². The van der Waals surface area contributed by atoms with Crippen molar-refractivity contribution < 1.29 is 9.18 Å². The smallest absolute Gasteiger partial charge is 0.251 e. The summed E-state index contributed by atoms with van der Waals surface area (Å²) in [5.74, 6) is -0.752. The van der Waals surface area contributed by atoms with Gasteiger partial charge in [0, 0.05) is 16.9 Å². The van der Waals surface area contributed by atoms with Gasteiger partial charge in [0.05, 0.1) is 5.02 Å². The SMILES string of the molecule is CCC(Br)CCNC(=O)c1ccc(F)c(Cl)c1. The summed E-state index contributed by atoms with van der Waals surface area (Å²) in [5.41, 5.74) is 0.374. The Hall–Kier alpha value is -0.610. The van der Waals surface area contributed by atoms with E-state index in [1.807, 2.05) is 0 Å². The topological polar surface area (TPSA) is 29.1 Å². The maximum absolute atomic E-state index is 12.9. The van der Waals surface area contributed by atoms with E-state index in [1.165, 1.54) is 18.2 Å². The van der Waals surface area contributed by atoms with E-state index < -0.39 is 5.82 Å². The summed E-state index contributed by atoms with van der Waals surface area (Å²) in [6.45, 7) is 2.65. The quantitative estimate of drug-likeness (QED) is 0.821. The van der Waals surface area contributed by atoms with Crippen LogP contribution < -0.4 is 5.32 Å². The van der Waals surface area contributed by atoms with Gasteiger partial charge in [-0.1, -0.05) is 34.5 Å². The molecule has 0 fully saturated rings. The molecule has 0 aromatic heterocycles. The number of halogens is 3. The van der Waals surface area contributed by atoms with Crippen LogP contribution in [0.25, 0.3) is 0 Å². The highest BCUT2D eigenvalue weighted by Gasteiger charge is 2.08. The number of benzene rings is 1. The van der Waals surface area contributed by atoms with Crippen molar-refractivity contribution in [3.8, 4) is 0 Å². The molecule has 1 atom stereocenters. The van der Waals surface area contributed by atoms with Crippen LogP contribution in [0.3, 0.4) is 0 Å². The predicted octanol–water partition coefficient (Wildman–Crippen LogP) is 3.77. The molecule has 1 N–H and O–H groups in total. The van der Waals surface area contributed by atoms with Crippen LogP contribution in [-0.2, 0) is 0 Å². The maximum Gasteiger partial charge on any atom is 0.251 e. The van der Waals surface area contributed by atoms with E-state index in [9.17, 15) is 9.18 Å². The highest BCUT2D eigenvalue weighted by atomic mass is 79.9. The lowest BCUT2D eigenvalue weighted by Gasteiger charge is -2.08. The van der Waals surface area contributed by atoms with Gasteiger partial charge in [0.15, 0.2) is 0 Å². The minimum Gasteiger partial charge on any atom is -0.352 e. The lowest BCUT2D eigenvalue weighted by atomic mass is 10.2. The number of alkyl halides is 1. The van der Waals surface area contributed by atoms with Crippen LogP contribution in [0.5, 0.6) is 0 Å². The molecule has 0 bridgehead atoms. The molecule has 1 aromatic carbocycles. The number of rotatable bonds is 5. The summed E-state index contributed by atoms with van der Waals surface area (Å²) in [6.07, 6.45) is 1.87. The number of amides is 1. The van der Waals surface area contributed by atoms with Gasteiger partial charge < -0.3 is 5.32 Å². The van der Waals surface area contributed by atoms with E-state index in [-0.39, 0.29) is 10.9 Å². The fourth-order valence-electron chi connectivity index (χ4n) is 1.29. The molecule has 1 amide bonds. The molecular formula is C12H14BrClFNO. The standard InChI is InChI=1S/C12H14BrClFNO/c1-2-9(13)5-6-16-12(17)8-3-4-11(15)10(14)7-8/h3-4,7,9H,2,5-6H2,1H3,(H,16,17). The van der Waals surface area contributed by atoms with Crippen LogP contribution in [0, 0.1) is 5.82 Å². The molecule has 94 valence electrons. The molecule has 2 nitrogen and oxygen atoms in total. The Morgan fingerprint density at radius 1 is 1.59 bits per heavy atom. The lowest BCUT2D eigenvalue weighted by Crippen LogP contribution is -2.26. The predicted molar refractivity (Wildman–Crippen MR) is 71.4 cm³/mol. The third kappa shape index (κ3) is 4.64. The maximum atomic E-state index is 12.9. The number of nitrogens with one attached hydrogen (secondary N) is 1. The Balaban J connectivity index is 2.50. The van der Waals surface area contributed by atoms with Crippen molar-refractivity contribution in [2.75, 3.05) is 6.54 Å². The molecule has 17 heavy (non-hydrogen) atoms. The zero-order chi connectivity index (χ0) is 12.8. The molecule has 1 rings (SSSR count). The van der Waals surface area contributed by atoms with Gasteiger partial charge in [-0.05, 0) is 31.0 Å². The first kappa shape index (κ1) is 14.5. The summed E-state index contributed by atoms with van der Waals surface area (Å²) in [4.78, 5) is 12.1. The molecule has 0 saturated heterocycles. The van der Waals surface area contributed by atoms with Gasteiger partial charge in [-0.2, -0.15) is 0 Å². The molecule has 0 spiro atoms. The van der Waals surface area contributed by atoms with Crippen molar-refractivity contribution in [3.63, 3.8) is 0 Å². The first-order valence-electron chi connectivity index (χ1n) is 5.42. The fraction of sp³-hybridized carbons (Fsp3) is 0.417. The number of carbonyl (C=O) groups is 1. The Morgan fingerprint density at radius 2 is 2.29 bits per heavy atom. The van der Waals surface area contributed by atoms with Crippen molar-refractivity contribution in [2.45, 2.75) is 24.6 Å². The van der Waals surface area contributed by atoms with Gasteiger partial charge in [-0.15, -0.1) is 0 Å². The van der Waals surface area contributed by atoms with Crippen molar-refractivity contribution in [2.24, 2.45) is 0 Å². The Bertz CT molecular complexity index is 400. The highest BCUT2D eigenvalue weighted by Crippen LogP contribution is 2.16. The van der Waals surface area contributed by atoms with Crippen LogP contribution >= 0.6 is 27.5 Å². The zero-order valence-corrected chi connectivity index (χ0v) is 11.8. The van der Waals surface area contributed by atoms with Gasteiger partial charge in [-0.3, -0.25) is 4.79 Å². The third-order valence-corrected chi connectivity index (χ3v) is 3.76. The molecule has 0 saturated carbocycles. The van der Waals surface area contributed by atoms with Gasteiger partial charge >= 0.3 is 0 Å². The first-order valence-corrected chi connectivity index (χ1v) is 6.71. The molecule has 1 unspecified atom stereocenters. The minimum absolute atomic E-state index is 0.0374. The average molecular weight is 323 g/mol. The normalized spacial score (nSPS) is 12.2. The second-order valence-electron chi connectivity index (χ2n) is 3.68. The second kappa shape index (κ2) is 6.97. The van der Waals surface area contributed by atoms with Gasteiger partial charge in [0.25, 0.3) is 5.91 Å². The fourth-order valence-corrected chi connectivity index (χ4v) is 1.70. The minimum atomic E-state index is -0.519. The van der Waals surface area contributed by atoms with Crippen molar-refractivity contribution in [1.29, 1.82) is 0 Å². The molecule has 0 aliphatic heterocycles. The van der Waals surface area contributed by atoms with Crippen LogP contribution in [0.1, 0.15) is 30.1 Å². The van der Waals surface area contributed by atoms with Crippen LogP contribution in [0.2, 0.25) is 5.02 Å². The van der Waals surface area contributed by atoms with Gasteiger partial charge in [0.1, 0.15) is 5.82 Å². The van der Waals surface area contributed by atoms with Crippen LogP contribution in [0.4, 0.5) is 4.39 Å². The van der Waals surface area contributed by atoms with E-state index in [2.05, 4.69) is 28.2 Å². The Morgan fingerprint density at radius 3 is 2.88 bits per heavy atom. The van der Waals surface area contributed by atoms with Crippen molar-refractivity contribution in [1.82, 2.24) is 5.32 Å². The van der Waals surface area contributed by atoms with E-state index in [0.29, 0.717) is 16.9 Å². The highest BCUT2D eigenvalue weighted by molar-refractivity contribution is 9.09. The lowest BCUT2D eigenvalue weighted by molar-refractivity contribution is 0.0953. The van der Waals surface area contributed by atoms with E-state index >= 15 is 0 Å². The first-order chi connectivity index (χ1) is 8.04. The second-order valence-corrected chi connectivity index (χ2v) is 5.38. The summed E-state index contributed by atoms with van der Waals surface area (Å²) < 4.78 is 12.9. The number of hydrogen-bond donors (Lipinski definition) is 1. The summed E-state index contributed by atoms with van der Waals surface area (Å²) in [6, 6.07) is 3.94. The third-order valence-electron chi connectivity index (χ3n) is 2.37. The molecule has 5 heteroatoms. The Kier molecular flexibility index (Phi) is 5.92. The molecule has 0 aliphatic carbocycles. The monoisotopic (exact) mass is 321 g/mol. The largest absolute Gasteiger partial charge is 0.352 e. The summed E-state index contributed by atoms with van der Waals surface area (Å²) in [7, 11) is 0. The molecular weight excluding hydrogens is 308 g/mol. The van der Waals surface area contributed by atoms with Crippen LogP contribution in [0.15, 0.2) is 18.2 Å². The van der Waals surface area contributed by atoms with Crippen molar-refractivity contribution in [3.05, 3.63) is 34.6 Å². The Labute approximate surface area is 114 Å². The average Bonchev–Trinajstić information content (AvgIpc) is 2.32. The zero-order valence-electron chi connectivity index (χ0n) is 9.47. The van der Waals surface area contributed by atoms with E-state index in [4.69, 9.17) is 11.6 Å². The van der Waals surface area contributed by atoms with Gasteiger partial charge in [0.2, 0.25) is 0 Å². The van der Waals surface area contributed by atoms with E-state index in [1.54, 1.807) is 0 Å². The molecule has 0 heterocycles. The molecule has 0 radical (unpaired) electrons. The van der Waals surface area contributed by atoms with Crippen molar-refractivity contribution >= 4 is 33.4 Å².